The number of anilines is 1. The van der Waals surface area contributed by atoms with Crippen LogP contribution in [0.4, 0.5) is 14.9 Å². The first kappa shape index (κ1) is 19.1. The van der Waals surface area contributed by atoms with Crippen molar-refractivity contribution in [2.24, 2.45) is 7.05 Å². The van der Waals surface area contributed by atoms with E-state index in [1.165, 1.54) is 12.1 Å². The van der Waals surface area contributed by atoms with Crippen molar-refractivity contribution >= 4 is 11.7 Å². The molecule has 0 aliphatic carbocycles. The van der Waals surface area contributed by atoms with Crippen molar-refractivity contribution in [1.29, 1.82) is 0 Å². The number of fused-ring (bicyclic) bond motifs is 1. The Morgan fingerprint density at radius 1 is 1.17 bits per heavy atom. The third-order valence-electron chi connectivity index (χ3n) is 5.04. The van der Waals surface area contributed by atoms with Gasteiger partial charge in [-0.1, -0.05) is 36.4 Å². The van der Waals surface area contributed by atoms with E-state index in [-0.39, 0.29) is 11.8 Å². The third-order valence-corrected chi connectivity index (χ3v) is 5.04. The topological polar surface area (TPSA) is 59.4 Å². The fourth-order valence-corrected chi connectivity index (χ4v) is 3.57. The SMILES string of the molecule is Cn1nc(COCc2ccccc2)c2c1CCN(C(=O)Nc1cccc(F)c1)C2. The van der Waals surface area contributed by atoms with Crippen molar-refractivity contribution in [1.82, 2.24) is 14.7 Å². The number of urea groups is 1. The van der Waals surface area contributed by atoms with Crippen LogP contribution < -0.4 is 5.32 Å². The van der Waals surface area contributed by atoms with E-state index in [4.69, 9.17) is 4.74 Å². The maximum absolute atomic E-state index is 13.4. The summed E-state index contributed by atoms with van der Waals surface area (Å²) in [5.74, 6) is -0.381. The molecule has 0 unspecified atom stereocenters. The third kappa shape index (κ3) is 4.46. The molecular weight excluding hydrogens is 371 g/mol. The number of aromatic nitrogens is 2. The Hall–Kier alpha value is -3.19. The van der Waals surface area contributed by atoms with Crippen LogP contribution >= 0.6 is 0 Å². The number of nitrogens with one attached hydrogen (secondary N) is 1. The van der Waals surface area contributed by atoms with Crippen LogP contribution in [0.3, 0.4) is 0 Å². The van der Waals surface area contributed by atoms with Crippen molar-refractivity contribution in [2.75, 3.05) is 11.9 Å². The molecule has 2 heterocycles. The first-order valence-electron chi connectivity index (χ1n) is 9.57. The summed E-state index contributed by atoms with van der Waals surface area (Å²) in [6, 6.07) is 15.6. The zero-order chi connectivity index (χ0) is 20.2. The van der Waals surface area contributed by atoms with E-state index >= 15 is 0 Å². The van der Waals surface area contributed by atoms with Crippen LogP contribution in [0, 0.1) is 5.82 Å². The highest BCUT2D eigenvalue weighted by Crippen LogP contribution is 2.24. The lowest BCUT2D eigenvalue weighted by molar-refractivity contribution is 0.103. The predicted octanol–water partition coefficient (Wildman–Crippen LogP) is 3.87. The van der Waals surface area contributed by atoms with Crippen LogP contribution in [0.5, 0.6) is 0 Å². The highest BCUT2D eigenvalue weighted by atomic mass is 19.1. The van der Waals surface area contributed by atoms with Gasteiger partial charge in [-0.2, -0.15) is 5.10 Å². The molecule has 1 N–H and O–H groups in total. The highest BCUT2D eigenvalue weighted by molar-refractivity contribution is 5.89. The number of rotatable bonds is 5. The average molecular weight is 394 g/mol. The van der Waals surface area contributed by atoms with Gasteiger partial charge in [0, 0.05) is 37.0 Å². The van der Waals surface area contributed by atoms with Gasteiger partial charge in [0.25, 0.3) is 0 Å². The monoisotopic (exact) mass is 394 g/mol. The molecule has 29 heavy (non-hydrogen) atoms. The zero-order valence-electron chi connectivity index (χ0n) is 16.3. The Labute approximate surface area is 168 Å². The minimum atomic E-state index is -0.381. The minimum absolute atomic E-state index is 0.249. The van der Waals surface area contributed by atoms with Gasteiger partial charge in [-0.25, -0.2) is 9.18 Å². The normalized spacial score (nSPS) is 13.2. The summed E-state index contributed by atoms with van der Waals surface area (Å²) in [6.45, 7) is 1.93. The van der Waals surface area contributed by atoms with Crippen molar-refractivity contribution in [3.8, 4) is 0 Å². The van der Waals surface area contributed by atoms with Crippen LogP contribution in [-0.4, -0.2) is 27.3 Å². The van der Waals surface area contributed by atoms with Crippen molar-refractivity contribution in [2.45, 2.75) is 26.2 Å². The van der Waals surface area contributed by atoms with Gasteiger partial charge >= 0.3 is 6.03 Å². The number of hydrogen-bond acceptors (Lipinski definition) is 3. The van der Waals surface area contributed by atoms with Gasteiger partial charge in [-0.05, 0) is 23.8 Å². The molecule has 0 saturated carbocycles. The summed E-state index contributed by atoms with van der Waals surface area (Å²) >= 11 is 0. The molecule has 1 aliphatic heterocycles. The number of benzene rings is 2. The molecule has 0 atom stereocenters. The summed E-state index contributed by atoms with van der Waals surface area (Å²) in [5, 5.41) is 7.36. The largest absolute Gasteiger partial charge is 0.370 e. The Bertz CT molecular complexity index is 1000. The van der Waals surface area contributed by atoms with E-state index in [0.29, 0.717) is 38.4 Å². The van der Waals surface area contributed by atoms with E-state index < -0.39 is 0 Å². The minimum Gasteiger partial charge on any atom is -0.370 e. The molecule has 0 bridgehead atoms. The van der Waals surface area contributed by atoms with Gasteiger partial charge in [-0.3, -0.25) is 4.68 Å². The molecule has 0 saturated heterocycles. The number of halogens is 1. The molecule has 2 aromatic carbocycles. The van der Waals surface area contributed by atoms with Crippen molar-refractivity contribution in [3.63, 3.8) is 0 Å². The lowest BCUT2D eigenvalue weighted by atomic mass is 10.1. The van der Waals surface area contributed by atoms with E-state index in [1.54, 1.807) is 17.0 Å². The summed E-state index contributed by atoms with van der Waals surface area (Å²) in [6.07, 6.45) is 0.716. The maximum atomic E-state index is 13.4. The number of hydrogen-bond donors (Lipinski definition) is 1. The molecule has 0 spiro atoms. The number of carbonyl (C=O) groups excluding carboxylic acids is 1. The molecule has 6 nitrogen and oxygen atoms in total. The Morgan fingerprint density at radius 2 is 2.00 bits per heavy atom. The Morgan fingerprint density at radius 3 is 2.79 bits per heavy atom. The molecule has 1 aliphatic rings. The first-order valence-corrected chi connectivity index (χ1v) is 9.57. The Kier molecular flexibility index (Phi) is 5.57. The van der Waals surface area contributed by atoms with Gasteiger partial charge in [0.1, 0.15) is 5.82 Å². The molecule has 0 radical (unpaired) electrons. The molecule has 4 rings (SSSR count). The molecule has 7 heteroatoms. The summed E-state index contributed by atoms with van der Waals surface area (Å²) in [5.41, 5.74) is 4.55. The van der Waals surface area contributed by atoms with E-state index in [2.05, 4.69) is 10.4 Å². The van der Waals surface area contributed by atoms with Crippen LogP contribution in [0.15, 0.2) is 54.6 Å². The lowest BCUT2D eigenvalue weighted by Gasteiger charge is -2.28. The highest BCUT2D eigenvalue weighted by Gasteiger charge is 2.26. The van der Waals surface area contributed by atoms with Gasteiger partial charge in [-0.15, -0.1) is 0 Å². The molecule has 0 fully saturated rings. The van der Waals surface area contributed by atoms with Crippen LogP contribution in [0.1, 0.15) is 22.5 Å². The fourth-order valence-electron chi connectivity index (χ4n) is 3.57. The maximum Gasteiger partial charge on any atom is 0.322 e. The van der Waals surface area contributed by atoms with Gasteiger partial charge in [0.05, 0.1) is 25.5 Å². The number of amides is 2. The summed E-state index contributed by atoms with van der Waals surface area (Å²) in [7, 11) is 1.92. The van der Waals surface area contributed by atoms with Crippen LogP contribution in [0.25, 0.3) is 0 Å². The van der Waals surface area contributed by atoms with Gasteiger partial charge < -0.3 is 15.0 Å². The van der Waals surface area contributed by atoms with Gasteiger partial charge in [0.15, 0.2) is 0 Å². The smallest absolute Gasteiger partial charge is 0.322 e. The molecule has 3 aromatic rings. The quantitative estimate of drug-likeness (QED) is 0.715. The van der Waals surface area contributed by atoms with Crippen LogP contribution in [0.2, 0.25) is 0 Å². The first-order chi connectivity index (χ1) is 14.1. The number of nitrogens with zero attached hydrogens (tertiary/aromatic N) is 3. The summed E-state index contributed by atoms with van der Waals surface area (Å²) in [4.78, 5) is 14.4. The number of aryl methyl sites for hydroxylation is 1. The molecule has 150 valence electrons. The van der Waals surface area contributed by atoms with Crippen molar-refractivity contribution < 1.29 is 13.9 Å². The average Bonchev–Trinajstić information content (AvgIpc) is 3.04. The second-order valence-electron chi connectivity index (χ2n) is 7.09. The van der Waals surface area contributed by atoms with Crippen LogP contribution in [-0.2, 0) is 38.0 Å². The molecular formula is C22H23FN4O2. The Balaban J connectivity index is 1.42. The second-order valence-corrected chi connectivity index (χ2v) is 7.09. The number of ether oxygens (including phenoxy) is 1. The molecule has 1 aromatic heterocycles. The predicted molar refractivity (Wildman–Crippen MR) is 108 cm³/mol. The standard InChI is InChI=1S/C22H23FN4O2/c1-26-21-10-11-27(22(28)24-18-9-5-8-17(23)12-18)13-19(21)20(25-26)15-29-14-16-6-3-2-4-7-16/h2-9,12H,10-11,13-15H2,1H3,(H,24,28). The fraction of sp³-hybridized carbons (Fsp3) is 0.273. The summed E-state index contributed by atoms with van der Waals surface area (Å²) < 4.78 is 21.1. The lowest BCUT2D eigenvalue weighted by Crippen LogP contribution is -2.39. The second kappa shape index (κ2) is 8.45. The molecule has 2 amide bonds. The van der Waals surface area contributed by atoms with E-state index in [9.17, 15) is 9.18 Å². The van der Waals surface area contributed by atoms with E-state index in [0.717, 1.165) is 22.5 Å². The zero-order valence-corrected chi connectivity index (χ0v) is 16.3. The van der Waals surface area contributed by atoms with Crippen molar-refractivity contribution in [3.05, 3.63) is 82.9 Å². The van der Waals surface area contributed by atoms with Gasteiger partial charge in [0.2, 0.25) is 0 Å². The van der Waals surface area contributed by atoms with E-state index in [1.807, 2.05) is 42.1 Å². The number of carbonyl (C=O) groups is 1.